The molecular formula is C17H23NO2. The van der Waals surface area contributed by atoms with Crippen LogP contribution in [0, 0.1) is 5.41 Å². The molecule has 1 fully saturated rings. The minimum atomic E-state index is -0.588. The number of nitrogens with zero attached hydrogens (tertiary/aromatic N) is 1. The molecule has 20 heavy (non-hydrogen) atoms. The minimum absolute atomic E-state index is 0.515. The Balaban J connectivity index is 1.74. The van der Waals surface area contributed by atoms with Crippen LogP contribution < -0.4 is 0 Å². The van der Waals surface area contributed by atoms with E-state index in [9.17, 15) is 9.90 Å². The maximum absolute atomic E-state index is 11.9. The topological polar surface area (TPSA) is 40.5 Å². The molecule has 0 saturated heterocycles. The van der Waals surface area contributed by atoms with Gasteiger partial charge in [0.1, 0.15) is 0 Å². The van der Waals surface area contributed by atoms with Crippen molar-refractivity contribution in [1.29, 1.82) is 0 Å². The van der Waals surface area contributed by atoms with Gasteiger partial charge in [0, 0.05) is 19.6 Å². The van der Waals surface area contributed by atoms with Crippen LogP contribution in [0.2, 0.25) is 0 Å². The zero-order valence-corrected chi connectivity index (χ0v) is 12.0. The van der Waals surface area contributed by atoms with Gasteiger partial charge in [-0.15, -0.1) is 0 Å². The Kier molecular flexibility index (Phi) is 3.79. The van der Waals surface area contributed by atoms with Gasteiger partial charge in [-0.05, 0) is 24.0 Å². The first-order valence-corrected chi connectivity index (χ1v) is 7.72. The summed E-state index contributed by atoms with van der Waals surface area (Å²) in [6.07, 6.45) is 6.19. The van der Waals surface area contributed by atoms with Gasteiger partial charge in [0.25, 0.3) is 0 Å². The van der Waals surface area contributed by atoms with Crippen molar-refractivity contribution in [2.24, 2.45) is 5.41 Å². The van der Waals surface area contributed by atoms with Crippen LogP contribution in [0.5, 0.6) is 0 Å². The number of aliphatic carboxylic acids is 1. The first kappa shape index (κ1) is 13.6. The molecule has 1 N–H and O–H groups in total. The van der Waals surface area contributed by atoms with Crippen molar-refractivity contribution < 1.29 is 9.90 Å². The Hall–Kier alpha value is -1.35. The van der Waals surface area contributed by atoms with E-state index in [0.717, 1.165) is 38.8 Å². The average molecular weight is 273 g/mol. The third-order valence-corrected chi connectivity index (χ3v) is 4.95. The quantitative estimate of drug-likeness (QED) is 0.858. The number of hydrogen-bond acceptors (Lipinski definition) is 2. The maximum atomic E-state index is 11.9. The van der Waals surface area contributed by atoms with Gasteiger partial charge in [-0.1, -0.05) is 49.9 Å². The second-order valence-corrected chi connectivity index (χ2v) is 6.41. The van der Waals surface area contributed by atoms with Crippen LogP contribution in [0.3, 0.4) is 0 Å². The van der Waals surface area contributed by atoms with E-state index < -0.39 is 11.4 Å². The molecule has 1 aliphatic carbocycles. The van der Waals surface area contributed by atoms with E-state index in [2.05, 4.69) is 29.2 Å². The van der Waals surface area contributed by atoms with E-state index in [1.165, 1.54) is 24.0 Å². The molecule has 1 saturated carbocycles. The lowest BCUT2D eigenvalue weighted by Crippen LogP contribution is -2.41. The van der Waals surface area contributed by atoms with Crippen molar-refractivity contribution in [3.8, 4) is 0 Å². The standard InChI is InChI=1S/C17H23NO2/c19-16(20)17(9-5-1-2-6-10-17)13-18-11-14-7-3-4-8-15(14)12-18/h3-4,7-8H,1-2,5-6,9-13H2,(H,19,20). The highest BCUT2D eigenvalue weighted by Crippen LogP contribution is 2.38. The SMILES string of the molecule is O=C(O)C1(CN2Cc3ccccc3C2)CCCCCC1. The van der Waals surface area contributed by atoms with Crippen LogP contribution in [0.1, 0.15) is 49.7 Å². The average Bonchev–Trinajstić information content (AvgIpc) is 2.67. The molecule has 0 bridgehead atoms. The summed E-state index contributed by atoms with van der Waals surface area (Å²) in [5.74, 6) is -0.588. The predicted molar refractivity (Wildman–Crippen MR) is 78.3 cm³/mol. The number of carboxylic acids is 1. The number of fused-ring (bicyclic) bond motifs is 1. The normalized spacial score (nSPS) is 22.2. The van der Waals surface area contributed by atoms with Crippen LogP contribution >= 0.6 is 0 Å². The van der Waals surface area contributed by atoms with Crippen molar-refractivity contribution in [3.63, 3.8) is 0 Å². The summed E-state index contributed by atoms with van der Waals surface area (Å²) in [7, 11) is 0. The molecule has 1 aromatic carbocycles. The summed E-state index contributed by atoms with van der Waals surface area (Å²) in [6, 6.07) is 8.47. The highest BCUT2D eigenvalue weighted by Gasteiger charge is 2.40. The lowest BCUT2D eigenvalue weighted by atomic mass is 9.80. The zero-order valence-electron chi connectivity index (χ0n) is 12.0. The van der Waals surface area contributed by atoms with Crippen LogP contribution in [0.4, 0.5) is 0 Å². The second kappa shape index (κ2) is 5.57. The number of hydrogen-bond donors (Lipinski definition) is 1. The Bertz CT molecular complexity index is 465. The van der Waals surface area contributed by atoms with Crippen LogP contribution in [-0.2, 0) is 17.9 Å². The zero-order chi connectivity index (χ0) is 14.0. The van der Waals surface area contributed by atoms with Gasteiger partial charge in [-0.25, -0.2) is 0 Å². The summed E-state index contributed by atoms with van der Waals surface area (Å²) in [4.78, 5) is 14.2. The molecule has 3 rings (SSSR count). The summed E-state index contributed by atoms with van der Waals surface area (Å²) in [5, 5.41) is 9.76. The van der Waals surface area contributed by atoms with Gasteiger partial charge in [0.15, 0.2) is 0 Å². The lowest BCUT2D eigenvalue weighted by molar-refractivity contribution is -0.151. The van der Waals surface area contributed by atoms with Gasteiger partial charge in [-0.3, -0.25) is 9.69 Å². The van der Waals surface area contributed by atoms with Crippen molar-refractivity contribution in [2.75, 3.05) is 6.54 Å². The molecule has 108 valence electrons. The van der Waals surface area contributed by atoms with E-state index in [4.69, 9.17) is 0 Å². The monoisotopic (exact) mass is 273 g/mol. The molecule has 3 nitrogen and oxygen atoms in total. The van der Waals surface area contributed by atoms with E-state index in [1.54, 1.807) is 0 Å². The van der Waals surface area contributed by atoms with Gasteiger partial charge in [0.2, 0.25) is 0 Å². The second-order valence-electron chi connectivity index (χ2n) is 6.41. The summed E-state index contributed by atoms with van der Waals surface area (Å²) in [5.41, 5.74) is 2.21. The highest BCUT2D eigenvalue weighted by atomic mass is 16.4. The molecule has 0 unspecified atom stereocenters. The first-order valence-electron chi connectivity index (χ1n) is 7.72. The molecular weight excluding hydrogens is 250 g/mol. The molecule has 1 aliphatic heterocycles. The van der Waals surface area contributed by atoms with Gasteiger partial charge < -0.3 is 5.11 Å². The summed E-state index contributed by atoms with van der Waals surface area (Å²) in [6.45, 7) is 2.52. The molecule has 0 aromatic heterocycles. The predicted octanol–water partition coefficient (Wildman–Crippen LogP) is 3.43. The fourth-order valence-corrected chi connectivity index (χ4v) is 3.79. The molecule has 0 radical (unpaired) electrons. The Morgan fingerprint density at radius 1 is 1.05 bits per heavy atom. The van der Waals surface area contributed by atoms with E-state index in [0.29, 0.717) is 6.54 Å². The minimum Gasteiger partial charge on any atom is -0.481 e. The van der Waals surface area contributed by atoms with E-state index in [1.807, 2.05) is 0 Å². The lowest BCUT2D eigenvalue weighted by Gasteiger charge is -2.32. The van der Waals surface area contributed by atoms with Crippen molar-refractivity contribution in [2.45, 2.75) is 51.6 Å². The molecule has 0 spiro atoms. The fraction of sp³-hybridized carbons (Fsp3) is 0.588. The Morgan fingerprint density at radius 2 is 1.60 bits per heavy atom. The Labute approximate surface area is 120 Å². The van der Waals surface area contributed by atoms with Gasteiger partial charge in [0.05, 0.1) is 5.41 Å². The van der Waals surface area contributed by atoms with Gasteiger partial charge >= 0.3 is 5.97 Å². The number of carbonyl (C=O) groups is 1. The Morgan fingerprint density at radius 3 is 2.10 bits per heavy atom. The number of benzene rings is 1. The molecule has 3 heteroatoms. The van der Waals surface area contributed by atoms with Gasteiger partial charge in [-0.2, -0.15) is 0 Å². The van der Waals surface area contributed by atoms with Crippen molar-refractivity contribution >= 4 is 5.97 Å². The summed E-state index contributed by atoms with van der Waals surface area (Å²) >= 11 is 0. The third kappa shape index (κ3) is 2.59. The molecule has 1 heterocycles. The van der Waals surface area contributed by atoms with Crippen molar-refractivity contribution in [3.05, 3.63) is 35.4 Å². The molecule has 0 amide bonds. The highest BCUT2D eigenvalue weighted by molar-refractivity contribution is 5.75. The van der Waals surface area contributed by atoms with E-state index in [-0.39, 0.29) is 0 Å². The molecule has 1 aromatic rings. The smallest absolute Gasteiger partial charge is 0.310 e. The fourth-order valence-electron chi connectivity index (χ4n) is 3.79. The largest absolute Gasteiger partial charge is 0.481 e. The summed E-state index contributed by atoms with van der Waals surface area (Å²) < 4.78 is 0. The third-order valence-electron chi connectivity index (χ3n) is 4.95. The van der Waals surface area contributed by atoms with Crippen molar-refractivity contribution in [1.82, 2.24) is 4.90 Å². The van der Waals surface area contributed by atoms with E-state index >= 15 is 0 Å². The van der Waals surface area contributed by atoms with Crippen LogP contribution in [-0.4, -0.2) is 22.5 Å². The first-order chi connectivity index (χ1) is 9.70. The molecule has 2 aliphatic rings. The van der Waals surface area contributed by atoms with Crippen LogP contribution in [0.15, 0.2) is 24.3 Å². The number of carboxylic acid groups (broad SMARTS) is 1. The maximum Gasteiger partial charge on any atom is 0.310 e. The number of rotatable bonds is 3. The van der Waals surface area contributed by atoms with Crippen LogP contribution in [0.25, 0.3) is 0 Å². The molecule has 0 atom stereocenters.